The fraction of sp³-hybridized carbons (Fsp3) is 0.952. The molecule has 0 amide bonds. The van der Waals surface area contributed by atoms with E-state index in [2.05, 4.69) is 27.2 Å². The summed E-state index contributed by atoms with van der Waals surface area (Å²) >= 11 is 0. The average Bonchev–Trinajstić information content (AvgIpc) is 2.83. The van der Waals surface area contributed by atoms with E-state index in [1.165, 1.54) is 38.5 Å². The van der Waals surface area contributed by atoms with Crippen LogP contribution in [0.5, 0.6) is 0 Å². The molecule has 21 heavy (non-hydrogen) atoms. The summed E-state index contributed by atoms with van der Waals surface area (Å²) in [7, 11) is 0. The van der Waals surface area contributed by atoms with E-state index in [0.717, 1.165) is 29.6 Å². The fourth-order valence-corrected chi connectivity index (χ4v) is 7.82. The summed E-state index contributed by atoms with van der Waals surface area (Å²) < 4.78 is 0. The molecule has 7 atom stereocenters. The van der Waals surface area contributed by atoms with Gasteiger partial charge in [-0.05, 0) is 105 Å². The van der Waals surface area contributed by atoms with Gasteiger partial charge in [-0.1, -0.05) is 27.2 Å². The van der Waals surface area contributed by atoms with Crippen molar-refractivity contribution in [2.24, 2.45) is 40.4 Å². The molecule has 4 saturated carbocycles. The molecule has 0 nitrogen and oxygen atoms in total. The first-order chi connectivity index (χ1) is 10.1. The summed E-state index contributed by atoms with van der Waals surface area (Å²) in [5.41, 5.74) is 1.41. The molecule has 0 aromatic carbocycles. The topological polar surface area (TPSA) is 0 Å². The van der Waals surface area contributed by atoms with Gasteiger partial charge in [0.1, 0.15) is 0 Å². The fourth-order valence-electron chi connectivity index (χ4n) is 7.82. The van der Waals surface area contributed by atoms with Crippen LogP contribution < -0.4 is 0 Å². The standard InChI is InChI=1S/C21H35/c1-4-15-9-11-18-17-10-8-16-7-5-6-13-20(16,2)19(17)12-14-21(15,18)3/h5,15-19H,4,6-14H2,1-3H3/t15-,16?,17-,18-,19-,20-,21+/m0/s1. The predicted octanol–water partition coefficient (Wildman–Crippen LogP) is 6.26. The van der Waals surface area contributed by atoms with Crippen molar-refractivity contribution < 1.29 is 0 Å². The van der Waals surface area contributed by atoms with Gasteiger partial charge in [-0.3, -0.25) is 0 Å². The van der Waals surface area contributed by atoms with E-state index < -0.39 is 0 Å². The van der Waals surface area contributed by atoms with E-state index in [1.807, 2.05) is 0 Å². The van der Waals surface area contributed by atoms with Crippen molar-refractivity contribution >= 4 is 0 Å². The third-order valence-electron chi connectivity index (χ3n) is 9.09. The van der Waals surface area contributed by atoms with Crippen molar-refractivity contribution in [3.8, 4) is 0 Å². The second kappa shape index (κ2) is 5.00. The number of hydrogen-bond donors (Lipinski definition) is 0. The number of hydrogen-bond acceptors (Lipinski definition) is 0. The van der Waals surface area contributed by atoms with Crippen molar-refractivity contribution in [3.05, 3.63) is 6.42 Å². The Kier molecular flexibility index (Phi) is 3.47. The zero-order valence-electron chi connectivity index (χ0n) is 14.5. The van der Waals surface area contributed by atoms with Crippen molar-refractivity contribution in [2.45, 2.75) is 85.0 Å². The molecule has 0 spiro atoms. The maximum absolute atomic E-state index is 2.69. The monoisotopic (exact) mass is 287 g/mol. The van der Waals surface area contributed by atoms with Gasteiger partial charge >= 0.3 is 0 Å². The Morgan fingerprint density at radius 2 is 1.71 bits per heavy atom. The highest BCUT2D eigenvalue weighted by molar-refractivity contribution is 5.09. The molecule has 0 aromatic rings. The van der Waals surface area contributed by atoms with Gasteiger partial charge in [0.25, 0.3) is 0 Å². The van der Waals surface area contributed by atoms with Gasteiger partial charge in [0.15, 0.2) is 0 Å². The van der Waals surface area contributed by atoms with E-state index in [4.69, 9.17) is 0 Å². The molecule has 0 aromatic heterocycles. The summed E-state index contributed by atoms with van der Waals surface area (Å²) in [4.78, 5) is 0. The smallest absolute Gasteiger partial charge is 0.0266 e. The number of rotatable bonds is 1. The average molecular weight is 288 g/mol. The molecular weight excluding hydrogens is 252 g/mol. The Labute approximate surface area is 132 Å². The molecular formula is C21H35. The van der Waals surface area contributed by atoms with Gasteiger partial charge in [0.05, 0.1) is 0 Å². The third kappa shape index (κ3) is 1.93. The van der Waals surface area contributed by atoms with Crippen molar-refractivity contribution in [1.82, 2.24) is 0 Å². The first kappa shape index (κ1) is 14.6. The SMILES string of the molecule is CC[C@H]1CC[C@H]2[C@@H]3CCC4C[CH]CC[C@]4(C)[C@H]3CC[C@]12C. The Hall–Kier alpha value is 0. The molecule has 4 aliphatic rings. The molecule has 0 heteroatoms. The van der Waals surface area contributed by atoms with Crippen LogP contribution >= 0.6 is 0 Å². The minimum atomic E-state index is 0.698. The van der Waals surface area contributed by atoms with E-state index in [1.54, 1.807) is 25.7 Å². The minimum Gasteiger partial charge on any atom is -0.0651 e. The summed E-state index contributed by atoms with van der Waals surface area (Å²) in [6.45, 7) is 7.81. The lowest BCUT2D eigenvalue weighted by atomic mass is 9.45. The van der Waals surface area contributed by atoms with Gasteiger partial charge in [-0.15, -0.1) is 0 Å². The third-order valence-corrected chi connectivity index (χ3v) is 9.09. The van der Waals surface area contributed by atoms with Gasteiger partial charge in [-0.25, -0.2) is 0 Å². The van der Waals surface area contributed by atoms with Crippen molar-refractivity contribution in [3.63, 3.8) is 0 Å². The van der Waals surface area contributed by atoms with Gasteiger partial charge in [0, 0.05) is 0 Å². The summed E-state index contributed by atoms with van der Waals surface area (Å²) in [6.07, 6.45) is 17.7. The lowest BCUT2D eigenvalue weighted by Crippen LogP contribution is -2.52. The zero-order chi connectivity index (χ0) is 14.7. The van der Waals surface area contributed by atoms with Crippen molar-refractivity contribution in [2.75, 3.05) is 0 Å². The van der Waals surface area contributed by atoms with Crippen LogP contribution in [0.4, 0.5) is 0 Å². The molecule has 4 aliphatic carbocycles. The first-order valence-corrected chi connectivity index (χ1v) is 9.91. The maximum atomic E-state index is 2.69. The van der Waals surface area contributed by atoms with E-state index in [9.17, 15) is 0 Å². The molecule has 119 valence electrons. The lowest BCUT2D eigenvalue weighted by Gasteiger charge is -2.60. The van der Waals surface area contributed by atoms with Crippen LogP contribution in [0.25, 0.3) is 0 Å². The highest BCUT2D eigenvalue weighted by atomic mass is 14.6. The summed E-state index contributed by atoms with van der Waals surface area (Å²) in [5, 5.41) is 0. The van der Waals surface area contributed by atoms with Crippen molar-refractivity contribution in [1.29, 1.82) is 0 Å². The Morgan fingerprint density at radius 3 is 2.52 bits per heavy atom. The Morgan fingerprint density at radius 1 is 0.905 bits per heavy atom. The molecule has 0 aliphatic heterocycles. The van der Waals surface area contributed by atoms with Crippen LogP contribution in [0.2, 0.25) is 0 Å². The van der Waals surface area contributed by atoms with Crippen LogP contribution in [0.3, 0.4) is 0 Å². The Bertz CT molecular complexity index is 399. The molecule has 0 bridgehead atoms. The molecule has 1 unspecified atom stereocenters. The molecule has 1 radical (unpaired) electrons. The van der Waals surface area contributed by atoms with Gasteiger partial charge in [0.2, 0.25) is 0 Å². The normalized spacial score (nSPS) is 56.4. The lowest BCUT2D eigenvalue weighted by molar-refractivity contribution is -0.105. The minimum absolute atomic E-state index is 0.698. The highest BCUT2D eigenvalue weighted by Gasteiger charge is 2.59. The van der Waals surface area contributed by atoms with Gasteiger partial charge < -0.3 is 0 Å². The Balaban J connectivity index is 1.62. The molecule has 0 heterocycles. The highest BCUT2D eigenvalue weighted by Crippen LogP contribution is 2.67. The molecule has 0 saturated heterocycles. The zero-order valence-corrected chi connectivity index (χ0v) is 14.5. The molecule has 0 N–H and O–H groups in total. The second-order valence-electron chi connectivity index (χ2n) is 9.45. The summed E-state index contributed by atoms with van der Waals surface area (Å²) in [6, 6.07) is 0. The quantitative estimate of drug-likeness (QED) is 0.534. The largest absolute Gasteiger partial charge is 0.0651 e. The second-order valence-corrected chi connectivity index (χ2v) is 9.45. The summed E-state index contributed by atoms with van der Waals surface area (Å²) in [5.74, 6) is 5.29. The van der Waals surface area contributed by atoms with Crippen LogP contribution in [-0.2, 0) is 0 Å². The van der Waals surface area contributed by atoms with E-state index >= 15 is 0 Å². The maximum Gasteiger partial charge on any atom is -0.0266 e. The molecule has 4 fully saturated rings. The van der Waals surface area contributed by atoms with Crippen LogP contribution in [0, 0.1) is 46.8 Å². The molecule has 4 rings (SSSR count). The van der Waals surface area contributed by atoms with E-state index in [0.29, 0.717) is 10.8 Å². The number of fused-ring (bicyclic) bond motifs is 5. The van der Waals surface area contributed by atoms with E-state index in [-0.39, 0.29) is 0 Å². The predicted molar refractivity (Wildman–Crippen MR) is 89.8 cm³/mol. The van der Waals surface area contributed by atoms with Crippen LogP contribution in [0.1, 0.15) is 85.0 Å². The van der Waals surface area contributed by atoms with Crippen LogP contribution in [0.15, 0.2) is 0 Å². The van der Waals surface area contributed by atoms with Crippen LogP contribution in [-0.4, -0.2) is 0 Å². The van der Waals surface area contributed by atoms with Gasteiger partial charge in [-0.2, -0.15) is 0 Å². The first-order valence-electron chi connectivity index (χ1n) is 9.91.